The van der Waals surface area contributed by atoms with Crippen LogP contribution in [0, 0.1) is 11.7 Å². The lowest BCUT2D eigenvalue weighted by atomic mass is 9.98. The van der Waals surface area contributed by atoms with Crippen LogP contribution in [0.2, 0.25) is 0 Å². The van der Waals surface area contributed by atoms with E-state index in [1.54, 1.807) is 30.5 Å². The third kappa shape index (κ3) is 3.33. The lowest BCUT2D eigenvalue weighted by molar-refractivity contribution is 0.0938. The molecule has 5 nitrogen and oxygen atoms in total. The summed E-state index contributed by atoms with van der Waals surface area (Å²) in [5, 5.41) is 10.4. The largest absolute Gasteiger partial charge is 0.350 e. The van der Waals surface area contributed by atoms with Crippen LogP contribution >= 0.6 is 0 Å². The molecule has 1 aromatic heterocycles. The van der Waals surface area contributed by atoms with Gasteiger partial charge in [0.1, 0.15) is 11.5 Å². The highest BCUT2D eigenvalue weighted by molar-refractivity contribution is 5.92. The zero-order chi connectivity index (χ0) is 15.4. The molecule has 0 bridgehead atoms. The van der Waals surface area contributed by atoms with Crippen LogP contribution in [0.5, 0.6) is 0 Å². The van der Waals surface area contributed by atoms with Crippen molar-refractivity contribution < 1.29 is 9.18 Å². The minimum atomic E-state index is -0.368. The predicted octanol–water partition coefficient (Wildman–Crippen LogP) is 1.74. The summed E-state index contributed by atoms with van der Waals surface area (Å²) in [6.45, 7) is 2.66. The van der Waals surface area contributed by atoms with E-state index in [1.807, 2.05) is 0 Å². The maximum Gasteiger partial charge on any atom is 0.271 e. The van der Waals surface area contributed by atoms with Crippen molar-refractivity contribution >= 4 is 5.91 Å². The fraction of sp³-hybridized carbons (Fsp3) is 0.375. The zero-order valence-electron chi connectivity index (χ0n) is 12.3. The molecule has 3 rings (SSSR count). The van der Waals surface area contributed by atoms with Crippen LogP contribution in [0.1, 0.15) is 23.3 Å². The van der Waals surface area contributed by atoms with Crippen molar-refractivity contribution in [2.45, 2.75) is 12.8 Å². The monoisotopic (exact) mass is 302 g/mol. The van der Waals surface area contributed by atoms with E-state index in [4.69, 9.17) is 0 Å². The number of nitrogens with one attached hydrogen (secondary N) is 2. The van der Waals surface area contributed by atoms with Crippen LogP contribution in [0.4, 0.5) is 4.39 Å². The summed E-state index contributed by atoms with van der Waals surface area (Å²) in [5.74, 6) is -0.0697. The van der Waals surface area contributed by atoms with Gasteiger partial charge in [-0.1, -0.05) is 12.1 Å². The van der Waals surface area contributed by atoms with Gasteiger partial charge in [0, 0.05) is 12.7 Å². The van der Waals surface area contributed by atoms with Gasteiger partial charge in [-0.15, -0.1) is 0 Å². The third-order valence-electron chi connectivity index (χ3n) is 3.93. The summed E-state index contributed by atoms with van der Waals surface area (Å²) in [4.78, 5) is 12.1. The first-order chi connectivity index (χ1) is 10.7. The number of amides is 1. The Morgan fingerprint density at radius 3 is 2.86 bits per heavy atom. The molecule has 0 aliphatic carbocycles. The smallest absolute Gasteiger partial charge is 0.271 e. The predicted molar refractivity (Wildman–Crippen MR) is 81.4 cm³/mol. The van der Waals surface area contributed by atoms with Crippen molar-refractivity contribution in [2.24, 2.45) is 5.92 Å². The molecule has 2 N–H and O–H groups in total. The molecule has 1 fully saturated rings. The molecule has 1 saturated heterocycles. The Kier molecular flexibility index (Phi) is 4.48. The van der Waals surface area contributed by atoms with Crippen LogP contribution < -0.4 is 10.6 Å². The minimum absolute atomic E-state index is 0.214. The SMILES string of the molecule is O=C(NCC1CCNCC1)c1ccn(-c2ccccc2F)n1. The number of para-hydroxylation sites is 1. The van der Waals surface area contributed by atoms with E-state index in [2.05, 4.69) is 15.7 Å². The molecule has 0 atom stereocenters. The van der Waals surface area contributed by atoms with E-state index in [1.165, 1.54) is 10.7 Å². The topological polar surface area (TPSA) is 59.0 Å². The van der Waals surface area contributed by atoms with Crippen LogP contribution in [0.15, 0.2) is 36.5 Å². The number of carbonyl (C=O) groups excluding carboxylic acids is 1. The first-order valence-electron chi connectivity index (χ1n) is 7.53. The van der Waals surface area contributed by atoms with Gasteiger partial charge in [0.05, 0.1) is 0 Å². The van der Waals surface area contributed by atoms with Crippen LogP contribution in [0.3, 0.4) is 0 Å². The molecule has 2 aromatic rings. The van der Waals surface area contributed by atoms with Crippen molar-refractivity contribution in [3.63, 3.8) is 0 Å². The standard InChI is InChI=1S/C16H19FN4O/c17-13-3-1-2-4-15(13)21-10-7-14(20-21)16(22)19-11-12-5-8-18-9-6-12/h1-4,7,10,12,18H,5-6,8-9,11H2,(H,19,22). The van der Waals surface area contributed by atoms with Gasteiger partial charge < -0.3 is 10.6 Å². The van der Waals surface area contributed by atoms with Gasteiger partial charge in [-0.3, -0.25) is 4.79 Å². The molecular formula is C16H19FN4O. The van der Waals surface area contributed by atoms with Crippen LogP contribution in [-0.4, -0.2) is 35.3 Å². The normalized spacial score (nSPS) is 15.7. The molecule has 1 aliphatic rings. The number of rotatable bonds is 4. The highest BCUT2D eigenvalue weighted by atomic mass is 19.1. The van der Waals surface area contributed by atoms with Gasteiger partial charge in [-0.05, 0) is 50.0 Å². The third-order valence-corrected chi connectivity index (χ3v) is 3.93. The van der Waals surface area contributed by atoms with Gasteiger partial charge in [0.2, 0.25) is 0 Å². The highest BCUT2D eigenvalue weighted by Gasteiger charge is 2.16. The average Bonchev–Trinajstić information content (AvgIpc) is 3.04. The molecule has 1 amide bonds. The highest BCUT2D eigenvalue weighted by Crippen LogP contribution is 2.13. The van der Waals surface area contributed by atoms with Crippen LogP contribution in [0.25, 0.3) is 5.69 Å². The second-order valence-electron chi connectivity index (χ2n) is 5.50. The minimum Gasteiger partial charge on any atom is -0.350 e. The van der Waals surface area contributed by atoms with Gasteiger partial charge in [0.25, 0.3) is 5.91 Å². The molecule has 6 heteroatoms. The number of nitrogens with zero attached hydrogens (tertiary/aromatic N) is 2. The number of aromatic nitrogens is 2. The Morgan fingerprint density at radius 2 is 2.09 bits per heavy atom. The number of hydrogen-bond acceptors (Lipinski definition) is 3. The molecule has 1 aromatic carbocycles. The van der Waals surface area contributed by atoms with Gasteiger partial charge in [-0.25, -0.2) is 9.07 Å². The van der Waals surface area contributed by atoms with E-state index in [9.17, 15) is 9.18 Å². The fourth-order valence-electron chi connectivity index (χ4n) is 2.63. The van der Waals surface area contributed by atoms with E-state index in [-0.39, 0.29) is 11.7 Å². The summed E-state index contributed by atoms with van der Waals surface area (Å²) < 4.78 is 15.1. The lowest BCUT2D eigenvalue weighted by Crippen LogP contribution is -2.36. The fourth-order valence-corrected chi connectivity index (χ4v) is 2.63. The molecule has 2 heterocycles. The van der Waals surface area contributed by atoms with Gasteiger partial charge in [0.15, 0.2) is 5.69 Å². The summed E-state index contributed by atoms with van der Waals surface area (Å²) in [5.41, 5.74) is 0.636. The Labute approximate surface area is 128 Å². The van der Waals surface area contributed by atoms with E-state index in [0.29, 0.717) is 23.8 Å². The molecule has 0 spiro atoms. The number of piperidine rings is 1. The second kappa shape index (κ2) is 6.70. The number of halogens is 1. The molecule has 0 radical (unpaired) electrons. The average molecular weight is 302 g/mol. The lowest BCUT2D eigenvalue weighted by Gasteiger charge is -2.22. The Balaban J connectivity index is 1.63. The maximum absolute atomic E-state index is 13.7. The molecular weight excluding hydrogens is 283 g/mol. The first kappa shape index (κ1) is 14.7. The van der Waals surface area contributed by atoms with E-state index in [0.717, 1.165) is 25.9 Å². The number of benzene rings is 1. The summed E-state index contributed by atoms with van der Waals surface area (Å²) >= 11 is 0. The maximum atomic E-state index is 13.7. The zero-order valence-corrected chi connectivity index (χ0v) is 12.3. The second-order valence-corrected chi connectivity index (χ2v) is 5.50. The van der Waals surface area contributed by atoms with Crippen molar-refractivity contribution in [2.75, 3.05) is 19.6 Å². The van der Waals surface area contributed by atoms with Crippen LogP contribution in [-0.2, 0) is 0 Å². The Hall–Kier alpha value is -2.21. The first-order valence-corrected chi connectivity index (χ1v) is 7.53. The Morgan fingerprint density at radius 1 is 1.32 bits per heavy atom. The molecule has 22 heavy (non-hydrogen) atoms. The summed E-state index contributed by atoms with van der Waals surface area (Å²) in [6, 6.07) is 7.95. The van der Waals surface area contributed by atoms with Gasteiger partial charge >= 0.3 is 0 Å². The summed E-state index contributed by atoms with van der Waals surface area (Å²) in [6.07, 6.45) is 3.74. The molecule has 0 saturated carbocycles. The van der Waals surface area contributed by atoms with Crippen molar-refractivity contribution in [1.82, 2.24) is 20.4 Å². The van der Waals surface area contributed by atoms with Crippen molar-refractivity contribution in [3.05, 3.63) is 48.0 Å². The van der Waals surface area contributed by atoms with Crippen molar-refractivity contribution in [3.8, 4) is 5.69 Å². The summed E-state index contributed by atoms with van der Waals surface area (Å²) in [7, 11) is 0. The number of hydrogen-bond donors (Lipinski definition) is 2. The number of carbonyl (C=O) groups is 1. The molecule has 0 unspecified atom stereocenters. The molecule has 1 aliphatic heterocycles. The quantitative estimate of drug-likeness (QED) is 0.904. The van der Waals surface area contributed by atoms with E-state index < -0.39 is 0 Å². The van der Waals surface area contributed by atoms with Crippen molar-refractivity contribution in [1.29, 1.82) is 0 Å². The molecule has 116 valence electrons. The Bertz CT molecular complexity index is 649. The van der Waals surface area contributed by atoms with E-state index >= 15 is 0 Å². The van der Waals surface area contributed by atoms with Gasteiger partial charge in [-0.2, -0.15) is 5.10 Å².